The Bertz CT molecular complexity index is 1070. The number of hydrogen-bond acceptors (Lipinski definition) is 4. The molecule has 158 valence electrons. The summed E-state index contributed by atoms with van der Waals surface area (Å²) < 4.78 is 1.84. The molecule has 0 bridgehead atoms. The first kappa shape index (κ1) is 21.5. The van der Waals surface area contributed by atoms with E-state index in [1.165, 1.54) is 0 Å². The second-order valence-corrected chi connectivity index (χ2v) is 7.93. The zero-order chi connectivity index (χ0) is 21.8. The Labute approximate surface area is 176 Å². The number of anilines is 1. The van der Waals surface area contributed by atoms with E-state index >= 15 is 0 Å². The average molecular weight is 408 g/mol. The fraction of sp³-hybridized carbons (Fsp3) is 0.391. The van der Waals surface area contributed by atoms with Crippen LogP contribution < -0.4 is 10.6 Å². The SMILES string of the molecule is Cc1cc2nc(C)c(CCC(=O)NCc3ccc(NC(=O)C(C)C)cc3)c(C)n2n1. The molecule has 2 amide bonds. The number of amides is 2. The van der Waals surface area contributed by atoms with Gasteiger partial charge in [0.25, 0.3) is 0 Å². The molecule has 30 heavy (non-hydrogen) atoms. The number of rotatable bonds is 7. The highest BCUT2D eigenvalue weighted by Crippen LogP contribution is 2.17. The average Bonchev–Trinajstić information content (AvgIpc) is 3.07. The molecular formula is C23H29N5O2. The zero-order valence-electron chi connectivity index (χ0n) is 18.2. The maximum atomic E-state index is 12.4. The van der Waals surface area contributed by atoms with Gasteiger partial charge in [-0.3, -0.25) is 9.59 Å². The number of benzene rings is 1. The van der Waals surface area contributed by atoms with Gasteiger partial charge in [-0.25, -0.2) is 9.50 Å². The van der Waals surface area contributed by atoms with Crippen molar-refractivity contribution < 1.29 is 9.59 Å². The Morgan fingerprint density at radius 3 is 2.47 bits per heavy atom. The van der Waals surface area contributed by atoms with Gasteiger partial charge in [-0.1, -0.05) is 26.0 Å². The van der Waals surface area contributed by atoms with Gasteiger partial charge < -0.3 is 10.6 Å². The van der Waals surface area contributed by atoms with Crippen LogP contribution in [0.2, 0.25) is 0 Å². The summed E-state index contributed by atoms with van der Waals surface area (Å²) >= 11 is 0. The third kappa shape index (κ3) is 5.03. The number of aryl methyl sites for hydroxylation is 3. The van der Waals surface area contributed by atoms with E-state index in [0.29, 0.717) is 19.4 Å². The minimum atomic E-state index is -0.0653. The van der Waals surface area contributed by atoms with Gasteiger partial charge in [0.05, 0.1) is 5.69 Å². The Hall–Kier alpha value is -3.22. The van der Waals surface area contributed by atoms with Crippen LogP contribution in [0, 0.1) is 26.7 Å². The number of aromatic nitrogens is 3. The third-order valence-corrected chi connectivity index (χ3v) is 5.12. The first-order valence-corrected chi connectivity index (χ1v) is 10.2. The van der Waals surface area contributed by atoms with E-state index in [1.807, 2.05) is 69.5 Å². The number of carbonyl (C=O) groups is 2. The van der Waals surface area contributed by atoms with E-state index in [-0.39, 0.29) is 17.7 Å². The van der Waals surface area contributed by atoms with Crippen LogP contribution >= 0.6 is 0 Å². The molecule has 2 aromatic heterocycles. The molecule has 0 unspecified atom stereocenters. The zero-order valence-corrected chi connectivity index (χ0v) is 18.2. The van der Waals surface area contributed by atoms with Gasteiger partial charge in [0.1, 0.15) is 0 Å². The number of fused-ring (bicyclic) bond motifs is 1. The number of hydrogen-bond donors (Lipinski definition) is 2. The van der Waals surface area contributed by atoms with Crippen LogP contribution in [0.1, 0.15) is 48.5 Å². The summed E-state index contributed by atoms with van der Waals surface area (Å²) in [5, 5.41) is 10.3. The molecule has 0 saturated carbocycles. The van der Waals surface area contributed by atoms with E-state index in [2.05, 4.69) is 20.7 Å². The molecule has 2 N–H and O–H groups in total. The Morgan fingerprint density at radius 1 is 1.10 bits per heavy atom. The van der Waals surface area contributed by atoms with Crippen LogP contribution in [0.15, 0.2) is 30.3 Å². The predicted molar refractivity (Wildman–Crippen MR) is 117 cm³/mol. The van der Waals surface area contributed by atoms with Gasteiger partial charge in [0, 0.05) is 42.0 Å². The van der Waals surface area contributed by atoms with Crippen molar-refractivity contribution in [3.63, 3.8) is 0 Å². The molecular weight excluding hydrogens is 378 g/mol. The monoisotopic (exact) mass is 407 g/mol. The minimum absolute atomic E-state index is 0.0114. The second kappa shape index (κ2) is 9.07. The molecule has 3 aromatic rings. The molecule has 7 heteroatoms. The quantitative estimate of drug-likeness (QED) is 0.627. The van der Waals surface area contributed by atoms with Gasteiger partial charge in [-0.05, 0) is 50.5 Å². The molecule has 7 nitrogen and oxygen atoms in total. The largest absolute Gasteiger partial charge is 0.352 e. The Morgan fingerprint density at radius 2 is 1.80 bits per heavy atom. The smallest absolute Gasteiger partial charge is 0.226 e. The third-order valence-electron chi connectivity index (χ3n) is 5.12. The molecule has 1 aromatic carbocycles. The normalized spacial score (nSPS) is 11.1. The summed E-state index contributed by atoms with van der Waals surface area (Å²) in [6, 6.07) is 9.46. The Kier molecular flexibility index (Phi) is 6.50. The first-order chi connectivity index (χ1) is 14.2. The lowest BCUT2D eigenvalue weighted by atomic mass is 10.1. The standard InChI is InChI=1S/C23H29N5O2/c1-14(2)23(30)26-19-8-6-18(7-9-19)13-24-22(29)11-10-20-16(4)25-21-12-15(3)27-28(21)17(20)5/h6-9,12,14H,10-11,13H2,1-5H3,(H,24,29)(H,26,30). The maximum absolute atomic E-state index is 12.4. The summed E-state index contributed by atoms with van der Waals surface area (Å²) in [4.78, 5) is 28.7. The van der Waals surface area contributed by atoms with Crippen LogP contribution in [-0.2, 0) is 22.6 Å². The molecule has 3 rings (SSSR count). The lowest BCUT2D eigenvalue weighted by Crippen LogP contribution is -2.23. The predicted octanol–water partition coefficient (Wildman–Crippen LogP) is 3.50. The highest BCUT2D eigenvalue weighted by atomic mass is 16.2. The number of nitrogens with one attached hydrogen (secondary N) is 2. The van der Waals surface area contributed by atoms with Crippen molar-refractivity contribution in [3.05, 3.63) is 58.5 Å². The van der Waals surface area contributed by atoms with Crippen molar-refractivity contribution in [2.45, 2.75) is 54.0 Å². The highest BCUT2D eigenvalue weighted by Gasteiger charge is 2.13. The summed E-state index contributed by atoms with van der Waals surface area (Å²) in [7, 11) is 0. The van der Waals surface area contributed by atoms with Crippen molar-refractivity contribution >= 4 is 23.1 Å². The topological polar surface area (TPSA) is 88.4 Å². The molecule has 0 aliphatic heterocycles. The van der Waals surface area contributed by atoms with E-state index in [4.69, 9.17) is 0 Å². The number of carbonyl (C=O) groups excluding carboxylic acids is 2. The van der Waals surface area contributed by atoms with Crippen LogP contribution in [0.25, 0.3) is 5.65 Å². The van der Waals surface area contributed by atoms with E-state index in [1.54, 1.807) is 0 Å². The van der Waals surface area contributed by atoms with Crippen molar-refractivity contribution in [2.24, 2.45) is 5.92 Å². The van der Waals surface area contributed by atoms with Crippen molar-refractivity contribution in [1.82, 2.24) is 19.9 Å². The molecule has 0 fully saturated rings. The maximum Gasteiger partial charge on any atom is 0.226 e. The van der Waals surface area contributed by atoms with Crippen LogP contribution in [0.3, 0.4) is 0 Å². The summed E-state index contributed by atoms with van der Waals surface area (Å²) in [5.41, 5.74) is 6.52. The molecule has 0 saturated heterocycles. The summed E-state index contributed by atoms with van der Waals surface area (Å²) in [6.07, 6.45) is 1.00. The van der Waals surface area contributed by atoms with Gasteiger partial charge in [0.15, 0.2) is 5.65 Å². The van der Waals surface area contributed by atoms with E-state index in [9.17, 15) is 9.59 Å². The van der Waals surface area contributed by atoms with Crippen LogP contribution in [-0.4, -0.2) is 26.4 Å². The second-order valence-electron chi connectivity index (χ2n) is 7.93. The van der Waals surface area contributed by atoms with Crippen molar-refractivity contribution in [1.29, 1.82) is 0 Å². The van der Waals surface area contributed by atoms with Gasteiger partial charge in [0.2, 0.25) is 11.8 Å². The summed E-state index contributed by atoms with van der Waals surface area (Å²) in [6.45, 7) is 10.1. The van der Waals surface area contributed by atoms with Gasteiger partial charge in [-0.2, -0.15) is 5.10 Å². The van der Waals surface area contributed by atoms with Crippen LogP contribution in [0.4, 0.5) is 5.69 Å². The molecule has 0 spiro atoms. The fourth-order valence-corrected chi connectivity index (χ4v) is 3.32. The Balaban J connectivity index is 1.54. The molecule has 0 atom stereocenters. The first-order valence-electron chi connectivity index (χ1n) is 10.2. The molecule has 2 heterocycles. The lowest BCUT2D eigenvalue weighted by Gasteiger charge is -2.11. The lowest BCUT2D eigenvalue weighted by molar-refractivity contribution is -0.121. The minimum Gasteiger partial charge on any atom is -0.352 e. The molecule has 0 aliphatic carbocycles. The van der Waals surface area contributed by atoms with E-state index in [0.717, 1.165) is 39.5 Å². The van der Waals surface area contributed by atoms with Crippen molar-refractivity contribution in [2.75, 3.05) is 5.32 Å². The van der Waals surface area contributed by atoms with Crippen molar-refractivity contribution in [3.8, 4) is 0 Å². The highest BCUT2D eigenvalue weighted by molar-refractivity contribution is 5.92. The van der Waals surface area contributed by atoms with Gasteiger partial charge >= 0.3 is 0 Å². The molecule has 0 aliphatic rings. The number of nitrogens with zero attached hydrogens (tertiary/aromatic N) is 3. The fourth-order valence-electron chi connectivity index (χ4n) is 3.32. The molecule has 0 radical (unpaired) electrons. The van der Waals surface area contributed by atoms with Crippen LogP contribution in [0.5, 0.6) is 0 Å². The summed E-state index contributed by atoms with van der Waals surface area (Å²) in [5.74, 6) is -0.0909. The van der Waals surface area contributed by atoms with E-state index < -0.39 is 0 Å². The van der Waals surface area contributed by atoms with Gasteiger partial charge in [-0.15, -0.1) is 0 Å².